The lowest BCUT2D eigenvalue weighted by molar-refractivity contribution is -0.0264. The number of benzene rings is 1. The summed E-state index contributed by atoms with van der Waals surface area (Å²) in [6.45, 7) is 1.84. The number of ether oxygens (including phenoxy) is 1. The molecule has 0 radical (unpaired) electrons. The van der Waals surface area contributed by atoms with Gasteiger partial charge >= 0.3 is 0 Å². The Kier molecular flexibility index (Phi) is 2.54. The van der Waals surface area contributed by atoms with Crippen LogP contribution in [0.25, 0.3) is 0 Å². The average molecular weight is 215 g/mol. The molecule has 2 unspecified atom stereocenters. The molecule has 1 fully saturated rings. The number of hydrogen-bond acceptors (Lipinski definition) is 2. The van der Waals surface area contributed by atoms with Crippen LogP contribution in [0.4, 0.5) is 0 Å². The molecule has 2 heterocycles. The lowest BCUT2D eigenvalue weighted by atomic mass is 9.82. The summed E-state index contributed by atoms with van der Waals surface area (Å²) in [5, 5.41) is 3.59. The zero-order valence-corrected chi connectivity index (χ0v) is 9.36. The molecule has 2 nitrogen and oxygen atoms in total. The smallest absolute Gasteiger partial charge is 0.106 e. The summed E-state index contributed by atoms with van der Waals surface area (Å²) in [5.74, 6) is 0. The van der Waals surface area contributed by atoms with Gasteiger partial charge in [-0.25, -0.2) is 0 Å². The molecule has 3 rings (SSSR count). The first kappa shape index (κ1) is 10.1. The average Bonchev–Trinajstić information content (AvgIpc) is 2.80. The van der Waals surface area contributed by atoms with Crippen molar-refractivity contribution in [3.05, 3.63) is 48.0 Å². The highest BCUT2D eigenvalue weighted by molar-refractivity contribution is 5.28. The van der Waals surface area contributed by atoms with Crippen molar-refractivity contribution in [1.82, 2.24) is 5.32 Å². The van der Waals surface area contributed by atoms with E-state index in [-0.39, 0.29) is 5.60 Å². The molecule has 16 heavy (non-hydrogen) atoms. The van der Waals surface area contributed by atoms with E-state index in [0.717, 1.165) is 19.6 Å². The van der Waals surface area contributed by atoms with Crippen molar-refractivity contribution in [3.8, 4) is 0 Å². The van der Waals surface area contributed by atoms with Crippen LogP contribution in [0.15, 0.2) is 42.5 Å². The van der Waals surface area contributed by atoms with Gasteiger partial charge < -0.3 is 10.1 Å². The lowest BCUT2D eigenvalue weighted by Crippen LogP contribution is -2.47. The standard InChI is InChI=1S/C14H17NO/c1-2-6-12(7-3-1)13-14(8-4-10-15-13)9-5-11-16-14/h1-3,5-7,9,13,15H,4,8,10-11H2. The molecule has 0 aliphatic carbocycles. The van der Waals surface area contributed by atoms with Gasteiger partial charge in [-0.05, 0) is 24.9 Å². The Balaban J connectivity index is 1.95. The van der Waals surface area contributed by atoms with Crippen molar-refractivity contribution in [2.24, 2.45) is 0 Å². The Labute approximate surface area is 96.3 Å². The van der Waals surface area contributed by atoms with Crippen molar-refractivity contribution in [3.63, 3.8) is 0 Å². The fraction of sp³-hybridized carbons (Fsp3) is 0.429. The third-order valence-corrected chi connectivity index (χ3v) is 3.56. The third-order valence-electron chi connectivity index (χ3n) is 3.56. The molecule has 2 heteroatoms. The van der Waals surface area contributed by atoms with Gasteiger partial charge in [0.1, 0.15) is 5.60 Å². The first-order valence-electron chi connectivity index (χ1n) is 6.01. The Hall–Kier alpha value is -1.12. The summed E-state index contributed by atoms with van der Waals surface area (Å²) in [4.78, 5) is 0. The molecule has 1 saturated heterocycles. The predicted molar refractivity (Wildman–Crippen MR) is 64.2 cm³/mol. The van der Waals surface area contributed by atoms with Crippen LogP contribution < -0.4 is 5.32 Å². The first-order valence-corrected chi connectivity index (χ1v) is 6.01. The molecule has 1 aromatic rings. The quantitative estimate of drug-likeness (QED) is 0.726. The van der Waals surface area contributed by atoms with E-state index in [1.165, 1.54) is 12.0 Å². The molecular formula is C14H17NO. The summed E-state index contributed by atoms with van der Waals surface area (Å²) in [6.07, 6.45) is 6.70. The Bertz CT molecular complexity index is 387. The molecule has 0 amide bonds. The minimum atomic E-state index is -0.0976. The predicted octanol–water partition coefficient (Wildman–Crippen LogP) is 2.44. The SMILES string of the molecule is C1=CC2(CCCNC2c2ccccc2)OC1. The van der Waals surface area contributed by atoms with Crippen molar-refractivity contribution in [2.45, 2.75) is 24.5 Å². The first-order chi connectivity index (χ1) is 7.91. The van der Waals surface area contributed by atoms with E-state index in [1.807, 2.05) is 0 Å². The maximum atomic E-state index is 5.97. The maximum absolute atomic E-state index is 5.97. The molecule has 1 N–H and O–H groups in total. The summed E-state index contributed by atoms with van der Waals surface area (Å²) >= 11 is 0. The number of nitrogens with one attached hydrogen (secondary N) is 1. The largest absolute Gasteiger partial charge is 0.365 e. The molecular weight excluding hydrogens is 198 g/mol. The topological polar surface area (TPSA) is 21.3 Å². The summed E-state index contributed by atoms with van der Waals surface area (Å²) in [5.41, 5.74) is 1.23. The van der Waals surface area contributed by atoms with Crippen molar-refractivity contribution < 1.29 is 4.74 Å². The van der Waals surface area contributed by atoms with Crippen molar-refractivity contribution >= 4 is 0 Å². The number of hydrogen-bond donors (Lipinski definition) is 1. The van der Waals surface area contributed by atoms with Crippen molar-refractivity contribution in [1.29, 1.82) is 0 Å². The van der Waals surface area contributed by atoms with Crippen LogP contribution in [0.2, 0.25) is 0 Å². The summed E-state index contributed by atoms with van der Waals surface area (Å²) < 4.78 is 5.97. The zero-order valence-electron chi connectivity index (χ0n) is 9.36. The van der Waals surface area contributed by atoms with E-state index in [4.69, 9.17) is 4.74 Å². The van der Waals surface area contributed by atoms with Gasteiger partial charge in [-0.2, -0.15) is 0 Å². The normalized spacial score (nSPS) is 33.4. The monoisotopic (exact) mass is 215 g/mol. The highest BCUT2D eigenvalue weighted by Gasteiger charge is 2.42. The minimum absolute atomic E-state index is 0.0976. The third kappa shape index (κ3) is 1.58. The second-order valence-corrected chi connectivity index (χ2v) is 4.57. The van der Waals surface area contributed by atoms with Crippen LogP contribution in [0.3, 0.4) is 0 Å². The second kappa shape index (κ2) is 4.04. The van der Waals surface area contributed by atoms with E-state index in [2.05, 4.69) is 47.8 Å². The molecule has 2 aliphatic rings. The summed E-state index contributed by atoms with van der Waals surface area (Å²) in [7, 11) is 0. The number of piperidine rings is 1. The van der Waals surface area contributed by atoms with Crippen LogP contribution in [-0.4, -0.2) is 18.8 Å². The molecule has 0 bridgehead atoms. The van der Waals surface area contributed by atoms with Gasteiger partial charge in [0, 0.05) is 0 Å². The fourth-order valence-electron chi connectivity index (χ4n) is 2.81. The molecule has 2 atom stereocenters. The number of rotatable bonds is 1. The Morgan fingerprint density at radius 1 is 1.25 bits per heavy atom. The van der Waals surface area contributed by atoms with E-state index in [0.29, 0.717) is 6.04 Å². The van der Waals surface area contributed by atoms with Crippen LogP contribution in [0.1, 0.15) is 24.4 Å². The van der Waals surface area contributed by atoms with Gasteiger partial charge in [0.2, 0.25) is 0 Å². The van der Waals surface area contributed by atoms with Crippen LogP contribution in [0.5, 0.6) is 0 Å². The van der Waals surface area contributed by atoms with Crippen LogP contribution in [-0.2, 0) is 4.74 Å². The minimum Gasteiger partial charge on any atom is -0.365 e. The van der Waals surface area contributed by atoms with E-state index >= 15 is 0 Å². The van der Waals surface area contributed by atoms with E-state index < -0.39 is 0 Å². The molecule has 84 valence electrons. The zero-order chi connectivity index (χ0) is 10.8. The lowest BCUT2D eigenvalue weighted by Gasteiger charge is -2.40. The Morgan fingerprint density at radius 3 is 2.88 bits per heavy atom. The van der Waals surface area contributed by atoms with Gasteiger partial charge in [0.25, 0.3) is 0 Å². The van der Waals surface area contributed by atoms with Gasteiger partial charge in [0.15, 0.2) is 0 Å². The van der Waals surface area contributed by atoms with Crippen LogP contribution >= 0.6 is 0 Å². The Morgan fingerprint density at radius 2 is 2.12 bits per heavy atom. The maximum Gasteiger partial charge on any atom is 0.106 e. The second-order valence-electron chi connectivity index (χ2n) is 4.57. The highest BCUT2D eigenvalue weighted by Crippen LogP contribution is 2.39. The molecule has 0 aromatic heterocycles. The van der Waals surface area contributed by atoms with Crippen LogP contribution in [0, 0.1) is 0 Å². The van der Waals surface area contributed by atoms with E-state index in [9.17, 15) is 0 Å². The highest BCUT2D eigenvalue weighted by atomic mass is 16.5. The summed E-state index contributed by atoms with van der Waals surface area (Å²) in [6, 6.07) is 10.9. The van der Waals surface area contributed by atoms with Gasteiger partial charge in [-0.15, -0.1) is 0 Å². The molecule has 0 saturated carbocycles. The van der Waals surface area contributed by atoms with E-state index in [1.54, 1.807) is 0 Å². The fourth-order valence-corrected chi connectivity index (χ4v) is 2.81. The van der Waals surface area contributed by atoms with Gasteiger partial charge in [0.05, 0.1) is 12.6 Å². The van der Waals surface area contributed by atoms with Gasteiger partial charge in [-0.1, -0.05) is 42.5 Å². The molecule has 2 aliphatic heterocycles. The molecule has 1 spiro atoms. The van der Waals surface area contributed by atoms with Gasteiger partial charge in [-0.3, -0.25) is 0 Å². The molecule has 1 aromatic carbocycles. The van der Waals surface area contributed by atoms with Crippen molar-refractivity contribution in [2.75, 3.05) is 13.2 Å².